The smallest absolute Gasteiger partial charge is 0.227 e. The van der Waals surface area contributed by atoms with Gasteiger partial charge < -0.3 is 15.5 Å². The fourth-order valence-electron chi connectivity index (χ4n) is 1.38. The van der Waals surface area contributed by atoms with Crippen molar-refractivity contribution >= 4 is 5.91 Å². The summed E-state index contributed by atoms with van der Waals surface area (Å²) < 4.78 is 5.23. The molecule has 1 unspecified atom stereocenters. The van der Waals surface area contributed by atoms with Crippen LogP contribution in [0.2, 0.25) is 0 Å². The van der Waals surface area contributed by atoms with Gasteiger partial charge in [-0.15, -0.1) is 0 Å². The first-order valence-corrected chi connectivity index (χ1v) is 5.58. The van der Waals surface area contributed by atoms with Crippen molar-refractivity contribution in [2.75, 3.05) is 6.54 Å². The molecule has 1 aromatic heterocycles. The van der Waals surface area contributed by atoms with E-state index in [1.54, 1.807) is 12.3 Å². The Bertz CT molecular complexity index is 329. The number of hydrogen-bond acceptors (Lipinski definition) is 3. The number of furan rings is 1. The Hall–Kier alpha value is -1.29. The number of nitrogens with one attached hydrogen (secondary N) is 1. The molecule has 0 bridgehead atoms. The molecule has 0 aliphatic heterocycles. The van der Waals surface area contributed by atoms with Crippen molar-refractivity contribution in [3.8, 4) is 0 Å². The third kappa shape index (κ3) is 2.64. The minimum absolute atomic E-state index is 0.0265. The van der Waals surface area contributed by atoms with Crippen molar-refractivity contribution in [1.82, 2.24) is 5.32 Å². The van der Waals surface area contributed by atoms with E-state index in [9.17, 15) is 4.79 Å². The van der Waals surface area contributed by atoms with Crippen LogP contribution in [0.15, 0.2) is 22.8 Å². The molecular formula is C12H20N2O2. The zero-order chi connectivity index (χ0) is 12.2. The monoisotopic (exact) mass is 224 g/mol. The van der Waals surface area contributed by atoms with Crippen LogP contribution in [0.1, 0.15) is 39.0 Å². The second kappa shape index (κ2) is 5.16. The van der Waals surface area contributed by atoms with Crippen molar-refractivity contribution in [2.45, 2.75) is 33.2 Å². The quantitative estimate of drug-likeness (QED) is 0.801. The largest absolute Gasteiger partial charge is 0.467 e. The highest BCUT2D eigenvalue weighted by Crippen LogP contribution is 2.21. The minimum atomic E-state index is -0.499. The topological polar surface area (TPSA) is 68.3 Å². The number of amides is 1. The van der Waals surface area contributed by atoms with Crippen LogP contribution in [0, 0.1) is 5.41 Å². The molecule has 0 saturated carbocycles. The normalized spacial score (nSPS) is 16.5. The van der Waals surface area contributed by atoms with Crippen LogP contribution in [0.4, 0.5) is 0 Å². The van der Waals surface area contributed by atoms with Crippen LogP contribution in [-0.2, 0) is 4.79 Å². The van der Waals surface area contributed by atoms with Gasteiger partial charge >= 0.3 is 0 Å². The van der Waals surface area contributed by atoms with E-state index in [0.29, 0.717) is 6.54 Å². The van der Waals surface area contributed by atoms with Gasteiger partial charge in [-0.05, 0) is 32.4 Å². The molecular weight excluding hydrogens is 204 g/mol. The molecule has 0 radical (unpaired) electrons. The molecule has 1 amide bonds. The van der Waals surface area contributed by atoms with Crippen LogP contribution in [-0.4, -0.2) is 12.5 Å². The molecule has 0 fully saturated rings. The van der Waals surface area contributed by atoms with Crippen molar-refractivity contribution in [3.05, 3.63) is 24.2 Å². The number of hydrogen-bond donors (Lipinski definition) is 2. The Morgan fingerprint density at radius 1 is 1.69 bits per heavy atom. The Balaban J connectivity index is 2.64. The number of nitrogens with two attached hydrogens (primary N) is 1. The highest BCUT2D eigenvalue weighted by atomic mass is 16.3. The van der Waals surface area contributed by atoms with Gasteiger partial charge in [-0.3, -0.25) is 4.79 Å². The average molecular weight is 224 g/mol. The SMILES string of the molecule is CCC(C)(CN)C(=O)N[C@@H](C)c1ccco1. The highest BCUT2D eigenvalue weighted by molar-refractivity contribution is 5.82. The Labute approximate surface area is 96.2 Å². The maximum absolute atomic E-state index is 12.0. The first kappa shape index (κ1) is 12.8. The van der Waals surface area contributed by atoms with Gasteiger partial charge in [0, 0.05) is 6.54 Å². The van der Waals surface area contributed by atoms with Crippen LogP contribution in [0.25, 0.3) is 0 Å². The predicted octanol–water partition coefficient (Wildman–Crippen LogP) is 1.83. The summed E-state index contributed by atoms with van der Waals surface area (Å²) in [6, 6.07) is 3.52. The van der Waals surface area contributed by atoms with Crippen LogP contribution in [0.3, 0.4) is 0 Å². The van der Waals surface area contributed by atoms with Crippen molar-refractivity contribution < 1.29 is 9.21 Å². The van der Waals surface area contributed by atoms with Gasteiger partial charge in [-0.25, -0.2) is 0 Å². The summed E-state index contributed by atoms with van der Waals surface area (Å²) in [6.07, 6.45) is 2.32. The first-order chi connectivity index (χ1) is 7.53. The standard InChI is InChI=1S/C12H20N2O2/c1-4-12(3,8-13)11(15)14-9(2)10-6-5-7-16-10/h5-7,9H,4,8,13H2,1-3H3,(H,14,15)/t9-,12?/m0/s1. The summed E-state index contributed by atoms with van der Waals surface area (Å²) in [5.74, 6) is 0.727. The zero-order valence-corrected chi connectivity index (χ0v) is 10.1. The third-order valence-electron chi connectivity index (χ3n) is 3.10. The second-order valence-electron chi connectivity index (χ2n) is 4.33. The van der Waals surface area contributed by atoms with Crippen LogP contribution < -0.4 is 11.1 Å². The molecule has 90 valence electrons. The molecule has 2 atom stereocenters. The highest BCUT2D eigenvalue weighted by Gasteiger charge is 2.30. The lowest BCUT2D eigenvalue weighted by molar-refractivity contribution is -0.130. The van der Waals surface area contributed by atoms with Crippen LogP contribution in [0.5, 0.6) is 0 Å². The maximum Gasteiger partial charge on any atom is 0.227 e. The number of carbonyl (C=O) groups excluding carboxylic acids is 1. The van der Waals surface area contributed by atoms with Gasteiger partial charge in [0.05, 0.1) is 17.7 Å². The molecule has 0 aliphatic rings. The lowest BCUT2D eigenvalue weighted by Crippen LogP contribution is -2.44. The van der Waals surface area contributed by atoms with Crippen molar-refractivity contribution in [1.29, 1.82) is 0 Å². The van der Waals surface area contributed by atoms with E-state index in [1.807, 2.05) is 26.8 Å². The average Bonchev–Trinajstić information content (AvgIpc) is 2.81. The van der Waals surface area contributed by atoms with Gasteiger partial charge in [-0.2, -0.15) is 0 Å². The lowest BCUT2D eigenvalue weighted by Gasteiger charge is -2.26. The van der Waals surface area contributed by atoms with Gasteiger partial charge in [0.2, 0.25) is 5.91 Å². The van der Waals surface area contributed by atoms with E-state index in [0.717, 1.165) is 12.2 Å². The zero-order valence-electron chi connectivity index (χ0n) is 10.1. The molecule has 4 heteroatoms. The fourth-order valence-corrected chi connectivity index (χ4v) is 1.38. The van der Waals surface area contributed by atoms with E-state index >= 15 is 0 Å². The maximum atomic E-state index is 12.0. The molecule has 0 aromatic carbocycles. The molecule has 0 aliphatic carbocycles. The predicted molar refractivity (Wildman–Crippen MR) is 62.7 cm³/mol. The molecule has 3 N–H and O–H groups in total. The minimum Gasteiger partial charge on any atom is -0.467 e. The summed E-state index contributed by atoms with van der Waals surface area (Å²) in [7, 11) is 0. The van der Waals surface area contributed by atoms with E-state index in [-0.39, 0.29) is 11.9 Å². The van der Waals surface area contributed by atoms with Gasteiger partial charge in [0.15, 0.2) is 0 Å². The molecule has 1 rings (SSSR count). The lowest BCUT2D eigenvalue weighted by atomic mass is 9.86. The molecule has 16 heavy (non-hydrogen) atoms. The molecule has 1 aromatic rings. The van der Waals surface area contributed by atoms with Gasteiger partial charge in [-0.1, -0.05) is 6.92 Å². The van der Waals surface area contributed by atoms with Gasteiger partial charge in [0.25, 0.3) is 0 Å². The molecule has 4 nitrogen and oxygen atoms in total. The van der Waals surface area contributed by atoms with Crippen molar-refractivity contribution in [2.24, 2.45) is 11.1 Å². The summed E-state index contributed by atoms with van der Waals surface area (Å²) in [5, 5.41) is 2.91. The van der Waals surface area contributed by atoms with Gasteiger partial charge in [0.1, 0.15) is 5.76 Å². The summed E-state index contributed by atoms with van der Waals surface area (Å²) in [5.41, 5.74) is 5.13. The summed E-state index contributed by atoms with van der Waals surface area (Å²) in [6.45, 7) is 6.07. The van der Waals surface area contributed by atoms with Crippen molar-refractivity contribution in [3.63, 3.8) is 0 Å². The fraction of sp³-hybridized carbons (Fsp3) is 0.583. The molecule has 0 saturated heterocycles. The Morgan fingerprint density at radius 3 is 2.81 bits per heavy atom. The molecule has 1 heterocycles. The van der Waals surface area contributed by atoms with Crippen LogP contribution >= 0.6 is 0 Å². The number of carbonyl (C=O) groups is 1. The number of rotatable bonds is 5. The van der Waals surface area contributed by atoms with E-state index in [1.165, 1.54) is 0 Å². The second-order valence-corrected chi connectivity index (χ2v) is 4.33. The van der Waals surface area contributed by atoms with E-state index in [2.05, 4.69) is 5.32 Å². The molecule has 0 spiro atoms. The third-order valence-corrected chi connectivity index (χ3v) is 3.10. The van der Waals surface area contributed by atoms with E-state index in [4.69, 9.17) is 10.2 Å². The first-order valence-electron chi connectivity index (χ1n) is 5.58. The Kier molecular flexibility index (Phi) is 4.12. The van der Waals surface area contributed by atoms with E-state index < -0.39 is 5.41 Å². The summed E-state index contributed by atoms with van der Waals surface area (Å²) in [4.78, 5) is 12.0. The summed E-state index contributed by atoms with van der Waals surface area (Å²) >= 11 is 0. The Morgan fingerprint density at radius 2 is 2.38 bits per heavy atom.